The Labute approximate surface area is 152 Å². The average Bonchev–Trinajstić information content (AvgIpc) is 3.14. The number of aromatic nitrogens is 5. The summed E-state index contributed by atoms with van der Waals surface area (Å²) in [5.41, 5.74) is 0. The van der Waals surface area contributed by atoms with Crippen LogP contribution in [-0.4, -0.2) is 35.7 Å². The molecule has 2 aromatic rings. The minimum atomic E-state index is -0.253. The smallest absolute Gasteiger partial charge is 0.238 e. The summed E-state index contributed by atoms with van der Waals surface area (Å²) in [6.07, 6.45) is 7.19. The summed E-state index contributed by atoms with van der Waals surface area (Å²) in [5, 5.41) is 16.5. The van der Waals surface area contributed by atoms with E-state index < -0.39 is 0 Å². The van der Waals surface area contributed by atoms with E-state index in [1.807, 2.05) is 17.7 Å². The quantitative estimate of drug-likeness (QED) is 0.798. The topological polar surface area (TPSA) is 77.6 Å². The Hall–Kier alpha value is -1.83. The first-order valence-corrected chi connectivity index (χ1v) is 9.91. The van der Waals surface area contributed by atoms with Crippen LogP contribution in [0.25, 0.3) is 0 Å². The molecule has 0 saturated heterocycles. The fraction of sp³-hybridized carbons (Fsp3) is 0.647. The van der Waals surface area contributed by atoms with Crippen molar-refractivity contribution in [3.63, 3.8) is 0 Å². The van der Waals surface area contributed by atoms with Gasteiger partial charge in [-0.05, 0) is 33.1 Å². The summed E-state index contributed by atoms with van der Waals surface area (Å²) in [7, 11) is 0. The minimum absolute atomic E-state index is 0.0407. The summed E-state index contributed by atoms with van der Waals surface area (Å²) >= 11 is 1.47. The molecule has 0 radical (unpaired) electrons. The van der Waals surface area contributed by atoms with Gasteiger partial charge in [-0.25, -0.2) is 4.68 Å². The van der Waals surface area contributed by atoms with Gasteiger partial charge in [-0.1, -0.05) is 25.1 Å². The van der Waals surface area contributed by atoms with Gasteiger partial charge in [-0.3, -0.25) is 4.79 Å². The number of nitrogens with zero attached hydrogens (tertiary/aromatic N) is 5. The number of hydrogen-bond acceptors (Lipinski definition) is 5. The van der Waals surface area contributed by atoms with Crippen molar-refractivity contribution in [1.29, 1.82) is 0 Å². The molecule has 1 N–H and O–H groups in total. The van der Waals surface area contributed by atoms with Gasteiger partial charge in [0.25, 0.3) is 0 Å². The van der Waals surface area contributed by atoms with Crippen LogP contribution in [0.15, 0.2) is 17.4 Å². The Morgan fingerprint density at radius 3 is 2.96 bits per heavy atom. The van der Waals surface area contributed by atoms with Gasteiger partial charge < -0.3 is 9.88 Å². The zero-order valence-electron chi connectivity index (χ0n) is 15.1. The lowest BCUT2D eigenvalue weighted by molar-refractivity contribution is -0.115. The fourth-order valence-corrected chi connectivity index (χ4v) is 3.82. The second kappa shape index (κ2) is 8.03. The molecule has 25 heavy (non-hydrogen) atoms. The lowest BCUT2D eigenvalue weighted by Gasteiger charge is -2.16. The number of anilines is 1. The molecule has 2 aromatic heterocycles. The molecule has 3 rings (SSSR count). The maximum atomic E-state index is 12.6. The number of aryl methyl sites for hydroxylation is 1. The molecule has 136 valence electrons. The highest BCUT2D eigenvalue weighted by Gasteiger charge is 2.22. The van der Waals surface area contributed by atoms with Crippen molar-refractivity contribution in [2.24, 2.45) is 0 Å². The number of fused-ring (bicyclic) bond motifs is 1. The molecule has 0 spiro atoms. The van der Waals surface area contributed by atoms with Crippen molar-refractivity contribution >= 4 is 23.5 Å². The highest BCUT2D eigenvalue weighted by Crippen LogP contribution is 2.26. The number of amides is 1. The predicted molar refractivity (Wildman–Crippen MR) is 98.8 cm³/mol. The van der Waals surface area contributed by atoms with E-state index in [1.165, 1.54) is 24.6 Å². The highest BCUT2D eigenvalue weighted by atomic mass is 32.2. The molecule has 1 aliphatic rings. The largest absolute Gasteiger partial charge is 0.310 e. The molecular weight excluding hydrogens is 336 g/mol. The third-order valence-electron chi connectivity index (χ3n) is 4.66. The lowest BCUT2D eigenvalue weighted by atomic mass is 10.2. The van der Waals surface area contributed by atoms with Crippen LogP contribution in [0.5, 0.6) is 0 Å². The van der Waals surface area contributed by atoms with Crippen molar-refractivity contribution in [3.8, 4) is 0 Å². The monoisotopic (exact) mass is 362 g/mol. The Kier molecular flexibility index (Phi) is 5.78. The van der Waals surface area contributed by atoms with Crippen molar-refractivity contribution in [2.45, 2.75) is 75.9 Å². The molecule has 0 fully saturated rings. The van der Waals surface area contributed by atoms with Crippen molar-refractivity contribution in [2.75, 3.05) is 5.32 Å². The molecule has 7 nitrogen and oxygen atoms in total. The van der Waals surface area contributed by atoms with Crippen LogP contribution >= 0.6 is 11.8 Å². The number of thioether (sulfide) groups is 1. The molecule has 0 unspecified atom stereocenters. The van der Waals surface area contributed by atoms with Crippen molar-refractivity contribution in [1.82, 2.24) is 24.5 Å². The average molecular weight is 363 g/mol. The van der Waals surface area contributed by atoms with E-state index >= 15 is 0 Å². The van der Waals surface area contributed by atoms with Gasteiger partial charge in [-0.15, -0.1) is 10.2 Å². The van der Waals surface area contributed by atoms with E-state index in [1.54, 1.807) is 6.20 Å². The summed E-state index contributed by atoms with van der Waals surface area (Å²) in [4.78, 5) is 12.6. The summed E-state index contributed by atoms with van der Waals surface area (Å²) < 4.78 is 4.03. The third kappa shape index (κ3) is 4.05. The molecule has 3 heterocycles. The normalized spacial score (nSPS) is 16.8. The van der Waals surface area contributed by atoms with Gasteiger partial charge in [0.15, 0.2) is 5.16 Å². The zero-order chi connectivity index (χ0) is 17.8. The van der Waals surface area contributed by atoms with E-state index in [-0.39, 0.29) is 17.2 Å². The Balaban J connectivity index is 1.66. The van der Waals surface area contributed by atoms with Gasteiger partial charge in [0.1, 0.15) is 11.6 Å². The maximum absolute atomic E-state index is 12.6. The lowest BCUT2D eigenvalue weighted by Crippen LogP contribution is -2.25. The molecule has 0 aromatic carbocycles. The Morgan fingerprint density at radius 1 is 1.32 bits per heavy atom. The number of carbonyl (C=O) groups excluding carboxylic acids is 1. The third-order valence-corrected chi connectivity index (χ3v) is 5.74. The molecule has 0 saturated carbocycles. The minimum Gasteiger partial charge on any atom is -0.310 e. The van der Waals surface area contributed by atoms with E-state index in [0.717, 1.165) is 42.6 Å². The molecule has 0 aliphatic carbocycles. The van der Waals surface area contributed by atoms with Crippen LogP contribution in [-0.2, 0) is 17.8 Å². The fourth-order valence-electron chi connectivity index (χ4n) is 2.92. The first kappa shape index (κ1) is 18.0. The Morgan fingerprint density at radius 2 is 2.16 bits per heavy atom. The van der Waals surface area contributed by atoms with Gasteiger partial charge in [0, 0.05) is 19.0 Å². The molecule has 2 atom stereocenters. The molecule has 1 aliphatic heterocycles. The van der Waals surface area contributed by atoms with Crippen LogP contribution in [0.1, 0.15) is 58.3 Å². The standard InChI is InChI=1S/C17H26N6OS/c1-4-12(2)23-14(9-10-18-23)19-16(24)13(3)25-17-21-20-15-8-6-5-7-11-22(15)17/h9-10,12-13H,4-8,11H2,1-3H3,(H,19,24)/t12-,13+/m0/s1. The second-order valence-corrected chi connectivity index (χ2v) is 7.84. The summed E-state index contributed by atoms with van der Waals surface area (Å²) in [6, 6.07) is 2.09. The van der Waals surface area contributed by atoms with Crippen molar-refractivity contribution < 1.29 is 4.79 Å². The van der Waals surface area contributed by atoms with Gasteiger partial charge >= 0.3 is 0 Å². The second-order valence-electron chi connectivity index (χ2n) is 6.53. The Bertz CT molecular complexity index is 725. The van der Waals surface area contributed by atoms with Crippen LogP contribution in [0.3, 0.4) is 0 Å². The predicted octanol–water partition coefficient (Wildman–Crippen LogP) is 3.29. The first-order chi connectivity index (χ1) is 12.1. The van der Waals surface area contributed by atoms with Gasteiger partial charge in [0.05, 0.1) is 17.5 Å². The van der Waals surface area contributed by atoms with Crippen LogP contribution in [0, 0.1) is 0 Å². The number of hydrogen-bond donors (Lipinski definition) is 1. The van der Waals surface area contributed by atoms with E-state index in [0.29, 0.717) is 0 Å². The SMILES string of the molecule is CC[C@H](C)n1nccc1NC(=O)[C@@H](C)Sc1nnc2n1CCCCC2. The van der Waals surface area contributed by atoms with Gasteiger partial charge in [0.2, 0.25) is 5.91 Å². The number of nitrogens with one attached hydrogen (secondary N) is 1. The van der Waals surface area contributed by atoms with Gasteiger partial charge in [-0.2, -0.15) is 5.10 Å². The van der Waals surface area contributed by atoms with E-state index in [4.69, 9.17) is 0 Å². The van der Waals surface area contributed by atoms with Crippen LogP contribution < -0.4 is 5.32 Å². The van der Waals surface area contributed by atoms with Crippen molar-refractivity contribution in [3.05, 3.63) is 18.1 Å². The molecular formula is C17H26N6OS. The zero-order valence-corrected chi connectivity index (χ0v) is 15.9. The maximum Gasteiger partial charge on any atom is 0.238 e. The molecule has 0 bridgehead atoms. The first-order valence-electron chi connectivity index (χ1n) is 9.03. The summed E-state index contributed by atoms with van der Waals surface area (Å²) in [5.74, 6) is 1.75. The molecule has 1 amide bonds. The number of rotatable bonds is 6. The summed E-state index contributed by atoms with van der Waals surface area (Å²) in [6.45, 7) is 7.04. The van der Waals surface area contributed by atoms with Crippen LogP contribution in [0.2, 0.25) is 0 Å². The molecule has 8 heteroatoms. The van der Waals surface area contributed by atoms with E-state index in [9.17, 15) is 4.79 Å². The van der Waals surface area contributed by atoms with E-state index in [2.05, 4.69) is 39.0 Å². The number of carbonyl (C=O) groups is 1. The van der Waals surface area contributed by atoms with Crippen LogP contribution in [0.4, 0.5) is 5.82 Å². The highest BCUT2D eigenvalue weighted by molar-refractivity contribution is 8.00.